The van der Waals surface area contributed by atoms with Gasteiger partial charge in [0.2, 0.25) is 6.10 Å². The second kappa shape index (κ2) is 6.83. The van der Waals surface area contributed by atoms with E-state index in [9.17, 15) is 4.79 Å². The molecule has 0 aromatic heterocycles. The third-order valence-corrected chi connectivity index (χ3v) is 3.31. The highest BCUT2D eigenvalue weighted by Gasteiger charge is 2.26. The van der Waals surface area contributed by atoms with E-state index in [1.54, 1.807) is 25.5 Å². The van der Waals surface area contributed by atoms with Gasteiger partial charge in [-0.3, -0.25) is 4.79 Å². The molecule has 1 aliphatic rings. The fourth-order valence-electron chi connectivity index (χ4n) is 2.08. The minimum absolute atomic E-state index is 0.154. The van der Waals surface area contributed by atoms with Crippen LogP contribution < -0.4 is 19.6 Å². The van der Waals surface area contributed by atoms with E-state index in [0.717, 1.165) is 11.3 Å². The van der Waals surface area contributed by atoms with Crippen LogP contribution in [-0.2, 0) is 4.79 Å². The summed E-state index contributed by atoms with van der Waals surface area (Å²) in [6.07, 6.45) is 0.826. The number of methoxy groups -OCH3 is 1. The first-order chi connectivity index (χ1) is 11.3. The number of hydrogen-bond acceptors (Lipinski definition) is 5. The zero-order valence-corrected chi connectivity index (χ0v) is 12.6. The fraction of sp³-hybridized carbons (Fsp3) is 0.176. The van der Waals surface area contributed by atoms with Crippen LogP contribution >= 0.6 is 0 Å². The van der Waals surface area contributed by atoms with E-state index in [4.69, 9.17) is 14.2 Å². The Morgan fingerprint density at radius 3 is 2.70 bits per heavy atom. The standard InChI is InChI=1S/C17H16N2O4/c1-21-13-8-6-12(7-9-13)10-18-19-17(20)16-11-22-14-4-2-3-5-15(14)23-16/h2-10,16H,11H2,1H3,(H,19,20)/b18-10-/t16-/m0/s1. The zero-order valence-electron chi connectivity index (χ0n) is 12.6. The van der Waals surface area contributed by atoms with E-state index >= 15 is 0 Å². The Morgan fingerprint density at radius 2 is 1.96 bits per heavy atom. The molecule has 3 rings (SSSR count). The highest BCUT2D eigenvalue weighted by Crippen LogP contribution is 2.30. The average Bonchev–Trinajstić information content (AvgIpc) is 2.61. The molecule has 1 heterocycles. The molecule has 0 radical (unpaired) electrons. The summed E-state index contributed by atoms with van der Waals surface area (Å²) >= 11 is 0. The van der Waals surface area contributed by atoms with Crippen LogP contribution in [0.25, 0.3) is 0 Å². The van der Waals surface area contributed by atoms with Gasteiger partial charge < -0.3 is 14.2 Å². The van der Waals surface area contributed by atoms with E-state index in [0.29, 0.717) is 11.5 Å². The number of nitrogens with zero attached hydrogens (tertiary/aromatic N) is 1. The molecule has 0 saturated heterocycles. The maximum Gasteiger partial charge on any atom is 0.284 e. The average molecular weight is 312 g/mol. The number of carbonyl (C=O) groups is 1. The van der Waals surface area contributed by atoms with Gasteiger partial charge >= 0.3 is 0 Å². The molecule has 118 valence electrons. The number of ether oxygens (including phenoxy) is 3. The molecule has 2 aromatic carbocycles. The Hall–Kier alpha value is -3.02. The summed E-state index contributed by atoms with van der Waals surface area (Å²) in [5, 5.41) is 3.93. The van der Waals surface area contributed by atoms with Crippen molar-refractivity contribution in [3.8, 4) is 17.2 Å². The van der Waals surface area contributed by atoms with Crippen LogP contribution in [-0.4, -0.2) is 31.9 Å². The fourth-order valence-corrected chi connectivity index (χ4v) is 2.08. The Morgan fingerprint density at radius 1 is 1.22 bits per heavy atom. The Bertz CT molecular complexity index is 713. The lowest BCUT2D eigenvalue weighted by Gasteiger charge is -2.24. The second-order valence-electron chi connectivity index (χ2n) is 4.87. The molecule has 0 spiro atoms. The molecule has 2 aromatic rings. The molecule has 0 bridgehead atoms. The van der Waals surface area contributed by atoms with Gasteiger partial charge in [0.05, 0.1) is 13.3 Å². The van der Waals surface area contributed by atoms with Crippen LogP contribution in [0, 0.1) is 0 Å². The predicted molar refractivity (Wildman–Crippen MR) is 85.1 cm³/mol. The molecule has 1 N–H and O–H groups in total. The van der Waals surface area contributed by atoms with Crippen molar-refractivity contribution in [1.82, 2.24) is 5.43 Å². The lowest BCUT2D eigenvalue weighted by atomic mass is 10.2. The third-order valence-electron chi connectivity index (χ3n) is 3.31. The largest absolute Gasteiger partial charge is 0.497 e. The summed E-state index contributed by atoms with van der Waals surface area (Å²) in [7, 11) is 1.60. The summed E-state index contributed by atoms with van der Waals surface area (Å²) in [6.45, 7) is 0.154. The minimum atomic E-state index is -0.724. The SMILES string of the molecule is COc1ccc(/C=N\NC(=O)[C@@H]2COc3ccccc3O2)cc1. The molecular weight excluding hydrogens is 296 g/mol. The Balaban J connectivity index is 1.56. The van der Waals surface area contributed by atoms with Gasteiger partial charge in [0.15, 0.2) is 11.5 Å². The summed E-state index contributed by atoms with van der Waals surface area (Å²) in [6, 6.07) is 14.5. The number of fused-ring (bicyclic) bond motifs is 1. The lowest BCUT2D eigenvalue weighted by Crippen LogP contribution is -2.42. The molecule has 6 nitrogen and oxygen atoms in total. The Kier molecular flexibility index (Phi) is 4.42. The van der Waals surface area contributed by atoms with Crippen molar-refractivity contribution in [2.24, 2.45) is 5.10 Å². The smallest absolute Gasteiger partial charge is 0.284 e. The minimum Gasteiger partial charge on any atom is -0.497 e. The monoisotopic (exact) mass is 312 g/mol. The van der Waals surface area contributed by atoms with Crippen LogP contribution in [0.2, 0.25) is 0 Å². The van der Waals surface area contributed by atoms with Crippen molar-refractivity contribution in [3.63, 3.8) is 0 Å². The van der Waals surface area contributed by atoms with Gasteiger partial charge in [-0.1, -0.05) is 12.1 Å². The van der Waals surface area contributed by atoms with E-state index in [1.807, 2.05) is 36.4 Å². The van der Waals surface area contributed by atoms with Crippen LogP contribution in [0.4, 0.5) is 0 Å². The Labute approximate surface area is 133 Å². The van der Waals surface area contributed by atoms with Crippen molar-refractivity contribution in [1.29, 1.82) is 0 Å². The molecule has 1 aliphatic heterocycles. The third kappa shape index (κ3) is 3.60. The van der Waals surface area contributed by atoms with Gasteiger partial charge in [0.1, 0.15) is 12.4 Å². The van der Waals surface area contributed by atoms with Crippen LogP contribution in [0.3, 0.4) is 0 Å². The number of carbonyl (C=O) groups excluding carboxylic acids is 1. The van der Waals surface area contributed by atoms with Crippen molar-refractivity contribution in [2.75, 3.05) is 13.7 Å². The first kappa shape index (κ1) is 14.9. The quantitative estimate of drug-likeness (QED) is 0.692. The summed E-state index contributed by atoms with van der Waals surface area (Å²) in [4.78, 5) is 12.0. The van der Waals surface area contributed by atoms with Crippen molar-refractivity contribution in [3.05, 3.63) is 54.1 Å². The van der Waals surface area contributed by atoms with Gasteiger partial charge in [0, 0.05) is 0 Å². The lowest BCUT2D eigenvalue weighted by molar-refractivity contribution is -0.130. The van der Waals surface area contributed by atoms with Gasteiger partial charge in [0.25, 0.3) is 5.91 Å². The van der Waals surface area contributed by atoms with E-state index < -0.39 is 6.10 Å². The molecule has 6 heteroatoms. The molecule has 1 amide bonds. The summed E-state index contributed by atoms with van der Waals surface area (Å²) in [5.41, 5.74) is 3.30. The normalized spacial score (nSPS) is 16.1. The van der Waals surface area contributed by atoms with Gasteiger partial charge in [-0.2, -0.15) is 5.10 Å². The topological polar surface area (TPSA) is 69.2 Å². The predicted octanol–water partition coefficient (Wildman–Crippen LogP) is 1.99. The number of benzene rings is 2. The molecular formula is C17H16N2O4. The number of rotatable bonds is 4. The zero-order chi connectivity index (χ0) is 16.1. The van der Waals surface area contributed by atoms with E-state index in [-0.39, 0.29) is 12.5 Å². The number of nitrogens with one attached hydrogen (secondary N) is 1. The van der Waals surface area contributed by atoms with Gasteiger partial charge in [-0.05, 0) is 42.0 Å². The van der Waals surface area contributed by atoms with Crippen molar-refractivity contribution < 1.29 is 19.0 Å². The van der Waals surface area contributed by atoms with Gasteiger partial charge in [-0.25, -0.2) is 5.43 Å². The molecule has 0 fully saturated rings. The van der Waals surface area contributed by atoms with Crippen molar-refractivity contribution >= 4 is 12.1 Å². The van der Waals surface area contributed by atoms with E-state index in [1.165, 1.54) is 0 Å². The molecule has 0 unspecified atom stereocenters. The number of para-hydroxylation sites is 2. The molecule has 23 heavy (non-hydrogen) atoms. The molecule has 0 saturated carbocycles. The van der Waals surface area contributed by atoms with Crippen LogP contribution in [0.15, 0.2) is 53.6 Å². The number of hydrogen-bond donors (Lipinski definition) is 1. The van der Waals surface area contributed by atoms with Gasteiger partial charge in [-0.15, -0.1) is 0 Å². The number of hydrazone groups is 1. The first-order valence-electron chi connectivity index (χ1n) is 7.12. The first-order valence-corrected chi connectivity index (χ1v) is 7.12. The highest BCUT2D eigenvalue weighted by atomic mass is 16.6. The highest BCUT2D eigenvalue weighted by molar-refractivity contribution is 5.85. The van der Waals surface area contributed by atoms with E-state index in [2.05, 4.69) is 10.5 Å². The maximum absolute atomic E-state index is 12.0. The summed E-state index contributed by atoms with van der Waals surface area (Å²) < 4.78 is 16.2. The molecule has 1 atom stereocenters. The second-order valence-corrected chi connectivity index (χ2v) is 4.87. The number of amides is 1. The summed E-state index contributed by atoms with van der Waals surface area (Å²) in [5.74, 6) is 1.60. The van der Waals surface area contributed by atoms with Crippen LogP contribution in [0.5, 0.6) is 17.2 Å². The van der Waals surface area contributed by atoms with Crippen LogP contribution in [0.1, 0.15) is 5.56 Å². The van der Waals surface area contributed by atoms with Crippen molar-refractivity contribution in [2.45, 2.75) is 6.10 Å². The maximum atomic E-state index is 12.0. The molecule has 0 aliphatic carbocycles.